The smallest absolute Gasteiger partial charge is 0.290 e. The Labute approximate surface area is 198 Å². The van der Waals surface area contributed by atoms with Crippen LogP contribution in [0.3, 0.4) is 0 Å². The van der Waals surface area contributed by atoms with Crippen LogP contribution in [0, 0.1) is 0 Å². The predicted octanol–water partition coefficient (Wildman–Crippen LogP) is 8.31. The zero-order chi connectivity index (χ0) is 22.7. The fourth-order valence-corrected chi connectivity index (χ4v) is 4.41. The van der Waals surface area contributed by atoms with Gasteiger partial charge in [-0.25, -0.2) is 9.13 Å². The number of benzene rings is 1. The van der Waals surface area contributed by atoms with Gasteiger partial charge in [0, 0.05) is 0 Å². The van der Waals surface area contributed by atoms with Crippen LogP contribution >= 0.6 is 0 Å². The minimum absolute atomic E-state index is 0.644. The molecule has 0 aliphatic heterocycles. The molecule has 0 amide bonds. The van der Waals surface area contributed by atoms with Gasteiger partial charge in [0.2, 0.25) is 0 Å². The molecule has 0 saturated heterocycles. The molecule has 0 aliphatic carbocycles. The van der Waals surface area contributed by atoms with Crippen LogP contribution in [-0.4, -0.2) is 11.2 Å². The summed E-state index contributed by atoms with van der Waals surface area (Å²) < 4.78 is 10.8. The van der Waals surface area contributed by atoms with E-state index in [4.69, 9.17) is 4.74 Å². The second-order valence-corrected chi connectivity index (χ2v) is 9.28. The van der Waals surface area contributed by atoms with Crippen molar-refractivity contribution in [1.82, 2.24) is 4.57 Å². The molecule has 32 heavy (non-hydrogen) atoms. The molecule has 3 heteroatoms. The van der Waals surface area contributed by atoms with Gasteiger partial charge in [0.1, 0.15) is 12.4 Å². The Morgan fingerprint density at radius 2 is 1.25 bits per heavy atom. The summed E-state index contributed by atoms with van der Waals surface area (Å²) in [4.78, 5) is 0. The van der Waals surface area contributed by atoms with Crippen LogP contribution in [0.4, 0.5) is 0 Å². The number of ether oxygens (including phenoxy) is 1. The first kappa shape index (κ1) is 26.6. The summed E-state index contributed by atoms with van der Waals surface area (Å²) in [6.45, 7) is 7.15. The molecule has 0 spiro atoms. The second-order valence-electron chi connectivity index (χ2n) is 9.28. The summed E-state index contributed by atoms with van der Waals surface area (Å²) >= 11 is 0. The van der Waals surface area contributed by atoms with Gasteiger partial charge in [-0.2, -0.15) is 0 Å². The highest BCUT2D eigenvalue weighted by Crippen LogP contribution is 2.17. The second kappa shape index (κ2) is 17.9. The average Bonchev–Trinajstić information content (AvgIpc) is 3.23. The highest BCUT2D eigenvalue weighted by molar-refractivity contribution is 5.52. The quantitative estimate of drug-likeness (QED) is 0.149. The Kier molecular flexibility index (Phi) is 14.9. The topological polar surface area (TPSA) is 18.0 Å². The van der Waals surface area contributed by atoms with Crippen LogP contribution in [0.15, 0.2) is 42.7 Å². The summed E-state index contributed by atoms with van der Waals surface area (Å²) in [6, 6.07) is 10.8. The standard InChI is InChI=1S/C29H49N2O/c1-3-5-7-9-11-12-13-15-20-26-32-27-31-25-24-30(23-19-14-10-8-6-4-2)29(31)28-21-17-16-18-22-28/h16-18,21-22,24-25H,3-15,19-20,23,26-27H2,1-2H3/q+1. The van der Waals surface area contributed by atoms with Gasteiger partial charge in [0.15, 0.2) is 6.73 Å². The van der Waals surface area contributed by atoms with Crippen LogP contribution in [-0.2, 0) is 18.0 Å². The maximum atomic E-state index is 6.07. The summed E-state index contributed by atoms with van der Waals surface area (Å²) in [6.07, 6.45) is 24.6. The third kappa shape index (κ3) is 10.8. The van der Waals surface area contributed by atoms with E-state index in [1.807, 2.05) is 0 Å². The zero-order valence-electron chi connectivity index (χ0n) is 21.1. The van der Waals surface area contributed by atoms with E-state index >= 15 is 0 Å². The predicted molar refractivity (Wildman–Crippen MR) is 137 cm³/mol. The van der Waals surface area contributed by atoms with E-state index in [9.17, 15) is 0 Å². The molecule has 0 bridgehead atoms. The van der Waals surface area contributed by atoms with E-state index in [2.05, 4.69) is 65.7 Å². The maximum Gasteiger partial charge on any atom is 0.290 e. The lowest BCUT2D eigenvalue weighted by Crippen LogP contribution is -2.36. The lowest BCUT2D eigenvalue weighted by molar-refractivity contribution is -0.722. The molecule has 1 aromatic heterocycles. The van der Waals surface area contributed by atoms with Crippen molar-refractivity contribution in [1.29, 1.82) is 0 Å². The molecule has 3 nitrogen and oxygen atoms in total. The number of aryl methyl sites for hydroxylation is 1. The third-order valence-electron chi connectivity index (χ3n) is 6.38. The number of hydrogen-bond acceptors (Lipinski definition) is 1. The first-order valence-corrected chi connectivity index (χ1v) is 13.6. The molecule has 1 aromatic carbocycles. The molecular weight excluding hydrogens is 392 g/mol. The first-order chi connectivity index (χ1) is 15.9. The number of aromatic nitrogens is 2. The van der Waals surface area contributed by atoms with Crippen LogP contribution < -0.4 is 4.57 Å². The molecule has 0 atom stereocenters. The van der Waals surface area contributed by atoms with Crippen molar-refractivity contribution in [2.45, 2.75) is 123 Å². The van der Waals surface area contributed by atoms with Crippen molar-refractivity contribution in [2.75, 3.05) is 6.61 Å². The maximum absolute atomic E-state index is 6.07. The monoisotopic (exact) mass is 441 g/mol. The molecule has 1 heterocycles. The lowest BCUT2D eigenvalue weighted by Gasteiger charge is -2.07. The number of imidazole rings is 1. The number of rotatable bonds is 20. The zero-order valence-corrected chi connectivity index (χ0v) is 21.1. The molecule has 0 fully saturated rings. The van der Waals surface area contributed by atoms with Crippen molar-refractivity contribution in [2.24, 2.45) is 0 Å². The van der Waals surface area contributed by atoms with Crippen LogP contribution in [0.2, 0.25) is 0 Å². The molecule has 0 radical (unpaired) electrons. The van der Waals surface area contributed by atoms with Crippen LogP contribution in [0.1, 0.15) is 110 Å². The van der Waals surface area contributed by atoms with Gasteiger partial charge in [0.25, 0.3) is 5.82 Å². The van der Waals surface area contributed by atoms with Crippen molar-refractivity contribution in [3.05, 3.63) is 42.7 Å². The van der Waals surface area contributed by atoms with E-state index in [0.717, 1.165) is 13.2 Å². The Bertz CT molecular complexity index is 680. The molecule has 0 saturated carbocycles. The molecule has 0 unspecified atom stereocenters. The van der Waals surface area contributed by atoms with Gasteiger partial charge in [-0.05, 0) is 31.4 Å². The summed E-state index contributed by atoms with van der Waals surface area (Å²) in [5.41, 5.74) is 1.27. The Morgan fingerprint density at radius 1 is 0.688 bits per heavy atom. The third-order valence-corrected chi connectivity index (χ3v) is 6.38. The van der Waals surface area contributed by atoms with E-state index in [1.165, 1.54) is 108 Å². The summed E-state index contributed by atoms with van der Waals surface area (Å²) in [5.74, 6) is 1.27. The SMILES string of the molecule is CCCCCCCCCCCOC[n+]1ccn(CCCCCCCC)c1-c1ccccc1. The Morgan fingerprint density at radius 3 is 1.88 bits per heavy atom. The van der Waals surface area contributed by atoms with Crippen molar-refractivity contribution in [3.63, 3.8) is 0 Å². The normalized spacial score (nSPS) is 11.3. The Hall–Kier alpha value is -1.61. The van der Waals surface area contributed by atoms with Crippen LogP contribution in [0.25, 0.3) is 11.4 Å². The molecular formula is C29H49N2O+. The van der Waals surface area contributed by atoms with E-state index in [1.54, 1.807) is 0 Å². The highest BCUT2D eigenvalue weighted by atomic mass is 16.5. The molecule has 180 valence electrons. The van der Waals surface area contributed by atoms with E-state index < -0.39 is 0 Å². The largest absolute Gasteiger partial charge is 0.342 e. The minimum atomic E-state index is 0.644. The summed E-state index contributed by atoms with van der Waals surface area (Å²) in [7, 11) is 0. The van der Waals surface area contributed by atoms with E-state index in [0.29, 0.717) is 6.73 Å². The van der Waals surface area contributed by atoms with Crippen molar-refractivity contribution < 1.29 is 9.30 Å². The summed E-state index contributed by atoms with van der Waals surface area (Å²) in [5, 5.41) is 0. The number of unbranched alkanes of at least 4 members (excludes halogenated alkanes) is 13. The van der Waals surface area contributed by atoms with Gasteiger partial charge in [-0.1, -0.05) is 109 Å². The lowest BCUT2D eigenvalue weighted by atomic mass is 10.1. The van der Waals surface area contributed by atoms with Gasteiger partial charge in [-0.3, -0.25) is 0 Å². The number of nitrogens with zero attached hydrogens (tertiary/aromatic N) is 2. The van der Waals surface area contributed by atoms with E-state index in [-0.39, 0.29) is 0 Å². The highest BCUT2D eigenvalue weighted by Gasteiger charge is 2.19. The van der Waals surface area contributed by atoms with Gasteiger partial charge < -0.3 is 4.74 Å². The number of hydrogen-bond donors (Lipinski definition) is 0. The molecule has 2 aromatic rings. The molecule has 0 N–H and O–H groups in total. The minimum Gasteiger partial charge on any atom is -0.342 e. The molecule has 0 aliphatic rings. The molecule has 2 rings (SSSR count). The average molecular weight is 442 g/mol. The fraction of sp³-hybridized carbons (Fsp3) is 0.690. The van der Waals surface area contributed by atoms with Gasteiger partial charge in [-0.15, -0.1) is 0 Å². The van der Waals surface area contributed by atoms with Crippen LogP contribution in [0.5, 0.6) is 0 Å². The van der Waals surface area contributed by atoms with Crippen molar-refractivity contribution in [3.8, 4) is 11.4 Å². The van der Waals surface area contributed by atoms with Crippen molar-refractivity contribution >= 4 is 0 Å². The first-order valence-electron chi connectivity index (χ1n) is 13.6. The van der Waals surface area contributed by atoms with Gasteiger partial charge >= 0.3 is 0 Å². The fourth-order valence-electron chi connectivity index (χ4n) is 4.41. The van der Waals surface area contributed by atoms with Gasteiger partial charge in [0.05, 0.1) is 18.7 Å². The Balaban J connectivity index is 1.73.